The lowest BCUT2D eigenvalue weighted by molar-refractivity contribution is 0.375. The van der Waals surface area contributed by atoms with Gasteiger partial charge in [0, 0.05) is 26.2 Å². The minimum Gasteiger partial charge on any atom is -0.356 e. The van der Waals surface area contributed by atoms with Crippen molar-refractivity contribution in [1.29, 1.82) is 0 Å². The van der Waals surface area contributed by atoms with Crippen LogP contribution in [0.4, 0.5) is 4.39 Å². The second-order valence-corrected chi connectivity index (χ2v) is 9.17. The molecular formula is C18H26FN3O2S. The zero-order valence-electron chi connectivity index (χ0n) is 14.7. The normalized spacial score (nSPS) is 22.7. The summed E-state index contributed by atoms with van der Waals surface area (Å²) in [7, 11) is -2.87. The Labute approximate surface area is 149 Å². The van der Waals surface area contributed by atoms with Crippen molar-refractivity contribution in [2.24, 2.45) is 10.9 Å². The van der Waals surface area contributed by atoms with Crippen LogP contribution < -0.4 is 5.32 Å². The molecule has 5 nitrogen and oxygen atoms in total. The van der Waals surface area contributed by atoms with E-state index in [1.165, 1.54) is 11.6 Å². The SMILES string of the molecule is CCCNC(=NCC1CCS(=O)(=O)C1)N1CCc2ccc(F)cc2C1. The van der Waals surface area contributed by atoms with Gasteiger partial charge in [0.2, 0.25) is 0 Å². The number of hydrogen-bond acceptors (Lipinski definition) is 3. The number of rotatable bonds is 4. The lowest BCUT2D eigenvalue weighted by atomic mass is 10.00. The van der Waals surface area contributed by atoms with E-state index in [0.717, 1.165) is 37.5 Å². The Morgan fingerprint density at radius 1 is 1.40 bits per heavy atom. The molecule has 0 spiro atoms. The van der Waals surface area contributed by atoms with Crippen LogP contribution in [0, 0.1) is 11.7 Å². The maximum Gasteiger partial charge on any atom is 0.194 e. The van der Waals surface area contributed by atoms with Crippen LogP contribution in [0.3, 0.4) is 0 Å². The summed E-state index contributed by atoms with van der Waals surface area (Å²) >= 11 is 0. The van der Waals surface area contributed by atoms with E-state index in [2.05, 4.69) is 17.1 Å². The Kier molecular flexibility index (Phi) is 5.61. The van der Waals surface area contributed by atoms with Gasteiger partial charge in [0.25, 0.3) is 0 Å². The molecule has 138 valence electrons. The largest absolute Gasteiger partial charge is 0.356 e. The van der Waals surface area contributed by atoms with E-state index in [0.29, 0.717) is 19.5 Å². The standard InChI is InChI=1S/C18H26FN3O2S/c1-2-7-20-18(21-11-14-6-9-25(23,24)13-14)22-8-5-15-3-4-17(19)10-16(15)12-22/h3-4,10,14H,2,5-9,11-13H2,1H3,(H,20,21). The van der Waals surface area contributed by atoms with Crippen molar-refractivity contribution in [1.82, 2.24) is 10.2 Å². The second-order valence-electron chi connectivity index (χ2n) is 6.94. The van der Waals surface area contributed by atoms with Gasteiger partial charge in [-0.1, -0.05) is 13.0 Å². The average molecular weight is 367 g/mol. The molecule has 2 aliphatic heterocycles. The number of nitrogens with zero attached hydrogens (tertiary/aromatic N) is 2. The van der Waals surface area contributed by atoms with Crippen molar-refractivity contribution in [3.05, 3.63) is 35.1 Å². The summed E-state index contributed by atoms with van der Waals surface area (Å²) in [5, 5.41) is 3.36. The molecule has 0 saturated carbocycles. The molecule has 25 heavy (non-hydrogen) atoms. The van der Waals surface area contributed by atoms with Gasteiger partial charge in [0.15, 0.2) is 15.8 Å². The molecule has 1 aromatic rings. The van der Waals surface area contributed by atoms with Gasteiger partial charge < -0.3 is 10.2 Å². The molecule has 3 rings (SSSR count). The van der Waals surface area contributed by atoms with Gasteiger partial charge in [-0.25, -0.2) is 12.8 Å². The molecule has 0 bridgehead atoms. The third-order valence-corrected chi connectivity index (χ3v) is 6.68. The number of benzene rings is 1. The summed E-state index contributed by atoms with van der Waals surface area (Å²) in [5.74, 6) is 1.23. The van der Waals surface area contributed by atoms with Crippen molar-refractivity contribution >= 4 is 15.8 Å². The zero-order valence-corrected chi connectivity index (χ0v) is 15.5. The molecule has 1 atom stereocenters. The fraction of sp³-hybridized carbons (Fsp3) is 0.611. The summed E-state index contributed by atoms with van der Waals surface area (Å²) in [6.07, 6.45) is 2.54. The van der Waals surface area contributed by atoms with E-state index in [4.69, 9.17) is 4.99 Å². The van der Waals surface area contributed by atoms with E-state index in [1.807, 2.05) is 6.07 Å². The Hall–Kier alpha value is -1.63. The molecule has 1 unspecified atom stereocenters. The molecule has 0 aliphatic carbocycles. The first-order valence-electron chi connectivity index (χ1n) is 8.98. The number of aliphatic imine (C=N–C) groups is 1. The smallest absolute Gasteiger partial charge is 0.194 e. The Balaban J connectivity index is 1.71. The lowest BCUT2D eigenvalue weighted by Gasteiger charge is -2.32. The van der Waals surface area contributed by atoms with Gasteiger partial charge in [-0.2, -0.15) is 0 Å². The van der Waals surface area contributed by atoms with E-state index in [-0.39, 0.29) is 23.2 Å². The van der Waals surface area contributed by atoms with E-state index < -0.39 is 9.84 Å². The fourth-order valence-corrected chi connectivity index (χ4v) is 5.29. The molecule has 0 amide bonds. The van der Waals surface area contributed by atoms with Gasteiger partial charge in [0.05, 0.1) is 11.5 Å². The number of hydrogen-bond donors (Lipinski definition) is 1. The van der Waals surface area contributed by atoms with E-state index in [9.17, 15) is 12.8 Å². The van der Waals surface area contributed by atoms with Gasteiger partial charge >= 0.3 is 0 Å². The second kappa shape index (κ2) is 7.72. The van der Waals surface area contributed by atoms with Crippen molar-refractivity contribution in [2.45, 2.75) is 32.7 Å². The third-order valence-electron chi connectivity index (χ3n) is 4.84. The maximum atomic E-state index is 13.5. The predicted molar refractivity (Wildman–Crippen MR) is 97.9 cm³/mol. The summed E-state index contributed by atoms with van der Waals surface area (Å²) in [6.45, 7) is 4.89. The topological polar surface area (TPSA) is 61.8 Å². The maximum absolute atomic E-state index is 13.5. The van der Waals surface area contributed by atoms with Crippen LogP contribution in [0.25, 0.3) is 0 Å². The highest BCUT2D eigenvalue weighted by molar-refractivity contribution is 7.91. The highest BCUT2D eigenvalue weighted by Gasteiger charge is 2.28. The number of halogens is 1. The molecule has 7 heteroatoms. The number of guanidine groups is 1. The van der Waals surface area contributed by atoms with Crippen LogP contribution in [-0.4, -0.2) is 50.4 Å². The first-order valence-corrected chi connectivity index (χ1v) is 10.8. The van der Waals surface area contributed by atoms with Crippen molar-refractivity contribution in [3.8, 4) is 0 Å². The molecule has 1 aromatic carbocycles. The number of fused-ring (bicyclic) bond motifs is 1. The highest BCUT2D eigenvalue weighted by Crippen LogP contribution is 2.21. The quantitative estimate of drug-likeness (QED) is 0.653. The van der Waals surface area contributed by atoms with E-state index >= 15 is 0 Å². The number of nitrogens with one attached hydrogen (secondary N) is 1. The van der Waals surface area contributed by atoms with Gasteiger partial charge in [0.1, 0.15) is 5.82 Å². The molecule has 0 radical (unpaired) electrons. The molecular weight excluding hydrogens is 341 g/mol. The van der Waals surface area contributed by atoms with Crippen molar-refractivity contribution in [3.63, 3.8) is 0 Å². The molecule has 2 aliphatic rings. The number of sulfone groups is 1. The van der Waals surface area contributed by atoms with Crippen LogP contribution >= 0.6 is 0 Å². The average Bonchev–Trinajstić information content (AvgIpc) is 2.93. The Morgan fingerprint density at radius 2 is 2.24 bits per heavy atom. The van der Waals surface area contributed by atoms with Crippen LogP contribution in [0.5, 0.6) is 0 Å². The third kappa shape index (κ3) is 4.71. The monoisotopic (exact) mass is 367 g/mol. The lowest BCUT2D eigenvalue weighted by Crippen LogP contribution is -2.44. The summed E-state index contributed by atoms with van der Waals surface area (Å²) in [5.41, 5.74) is 2.19. The minimum atomic E-state index is -2.87. The highest BCUT2D eigenvalue weighted by atomic mass is 32.2. The van der Waals surface area contributed by atoms with Gasteiger partial charge in [-0.15, -0.1) is 0 Å². The van der Waals surface area contributed by atoms with E-state index in [1.54, 1.807) is 6.07 Å². The molecule has 1 saturated heterocycles. The summed E-state index contributed by atoms with van der Waals surface area (Å²) in [6, 6.07) is 4.98. The first kappa shape index (κ1) is 18.2. The van der Waals surface area contributed by atoms with Crippen LogP contribution in [0.1, 0.15) is 30.9 Å². The Morgan fingerprint density at radius 3 is 2.96 bits per heavy atom. The Bertz CT molecular complexity index is 749. The predicted octanol–water partition coefficient (Wildman–Crippen LogP) is 1.97. The van der Waals surface area contributed by atoms with Crippen LogP contribution in [0.2, 0.25) is 0 Å². The molecule has 1 N–H and O–H groups in total. The van der Waals surface area contributed by atoms with Gasteiger partial charge in [-0.3, -0.25) is 4.99 Å². The van der Waals surface area contributed by atoms with Gasteiger partial charge in [-0.05, 0) is 48.4 Å². The van der Waals surface area contributed by atoms with Crippen LogP contribution in [0.15, 0.2) is 23.2 Å². The fourth-order valence-electron chi connectivity index (χ4n) is 3.44. The first-order chi connectivity index (χ1) is 12.0. The minimum absolute atomic E-state index is 0.109. The summed E-state index contributed by atoms with van der Waals surface area (Å²) in [4.78, 5) is 6.84. The molecule has 0 aromatic heterocycles. The molecule has 1 fully saturated rings. The molecule has 2 heterocycles. The van der Waals surface area contributed by atoms with Crippen molar-refractivity contribution in [2.75, 3.05) is 31.1 Å². The zero-order chi connectivity index (χ0) is 17.9. The summed E-state index contributed by atoms with van der Waals surface area (Å²) < 4.78 is 36.8. The van der Waals surface area contributed by atoms with Crippen LogP contribution in [-0.2, 0) is 22.8 Å². The van der Waals surface area contributed by atoms with Crippen molar-refractivity contribution < 1.29 is 12.8 Å².